The molecule has 0 fully saturated rings. The van der Waals surface area contributed by atoms with Crippen LogP contribution in [0.3, 0.4) is 0 Å². The summed E-state index contributed by atoms with van der Waals surface area (Å²) >= 11 is 0.750. The molecule has 0 spiro atoms. The van der Waals surface area contributed by atoms with E-state index in [0.29, 0.717) is 45.9 Å². The first-order valence-corrected chi connectivity index (χ1v) is 14.1. The zero-order chi connectivity index (χ0) is 29.1. The molecule has 0 saturated carbocycles. The summed E-state index contributed by atoms with van der Waals surface area (Å²) in [6.45, 7) is 2.06. The molecular formula is C33H18N8OTi. The summed E-state index contributed by atoms with van der Waals surface area (Å²) in [4.78, 5) is 39.5. The Morgan fingerprint density at radius 1 is 0.442 bits per heavy atom. The van der Waals surface area contributed by atoms with Crippen LogP contribution in [0.2, 0.25) is 0 Å². The predicted molar refractivity (Wildman–Crippen MR) is 159 cm³/mol. The van der Waals surface area contributed by atoms with E-state index in [1.165, 1.54) is 0 Å². The monoisotopic (exact) mass is 590 g/mol. The molecular weight excluding hydrogens is 572 g/mol. The summed E-state index contributed by atoms with van der Waals surface area (Å²) in [6, 6.07) is 30.1. The van der Waals surface area contributed by atoms with Crippen molar-refractivity contribution in [2.75, 3.05) is 0 Å². The number of aromatic nitrogens is 8. The summed E-state index contributed by atoms with van der Waals surface area (Å²) in [7, 11) is 0. The van der Waals surface area contributed by atoms with Gasteiger partial charge in [-0.25, -0.2) is 9.97 Å². The standard InChI is InChI=1S/C33H18N8.O.Ti/c1-17-14-15-24-25(16-17)33-40-31-23-13-7-6-12-22(23)29(38-31)36-27-19-9-3-2-8-18(19)26(34-27)35-28-20-10-4-5-11-21(20)30(37-28)39-32(24)41-33;;/h2-16H,1H3;;/q-2;;+2. The molecule has 10 heteroatoms. The van der Waals surface area contributed by atoms with Gasteiger partial charge in [0.15, 0.2) is 0 Å². The Bertz CT molecular complexity index is 2430. The van der Waals surface area contributed by atoms with Gasteiger partial charge in [0.05, 0.1) is 23.3 Å². The minimum atomic E-state index is 0.552. The van der Waals surface area contributed by atoms with Gasteiger partial charge < -0.3 is 29.9 Å². The Labute approximate surface area is 255 Å². The van der Waals surface area contributed by atoms with Crippen molar-refractivity contribution in [3.05, 3.63) is 96.6 Å². The predicted octanol–water partition coefficient (Wildman–Crippen LogP) is 6.31. The van der Waals surface area contributed by atoms with E-state index in [-0.39, 0.29) is 0 Å². The summed E-state index contributed by atoms with van der Waals surface area (Å²) in [5.41, 5.74) is 6.91. The van der Waals surface area contributed by atoms with E-state index in [2.05, 4.69) is 19.1 Å². The number of fused-ring (bicyclic) bond motifs is 20. The summed E-state index contributed by atoms with van der Waals surface area (Å²) in [5, 5.41) is 3.60. The SMILES string of the molecule is Cc1ccc2c3nc4nc(nc5[n-]c(nc6nc(nc([n-]3)c2c1)-c1ccccc1-6)c1ccccc51)-c1ccccc1-4.[O]=[Ti+2]. The van der Waals surface area contributed by atoms with Gasteiger partial charge in [0, 0.05) is 44.8 Å². The number of aryl methyl sites for hydroxylation is 1. The normalized spacial score (nSPS) is 11.6. The molecule has 7 aromatic rings. The Morgan fingerprint density at radius 2 is 0.791 bits per heavy atom. The molecule has 200 valence electrons. The van der Waals surface area contributed by atoms with E-state index < -0.39 is 0 Å². The molecule has 5 heterocycles. The van der Waals surface area contributed by atoms with Gasteiger partial charge >= 0.3 is 23.7 Å². The number of nitrogens with zero attached hydrogens (tertiary/aromatic N) is 8. The second-order valence-electron chi connectivity index (χ2n) is 10.2. The molecule has 0 saturated heterocycles. The molecule has 0 unspecified atom stereocenters. The zero-order valence-electron chi connectivity index (χ0n) is 22.6. The van der Waals surface area contributed by atoms with Crippen molar-refractivity contribution in [2.24, 2.45) is 0 Å². The topological polar surface area (TPSA) is 123 Å². The summed E-state index contributed by atoms with van der Waals surface area (Å²) < 4.78 is 8.25. The summed E-state index contributed by atoms with van der Waals surface area (Å²) in [5.74, 6) is 2.21. The average Bonchev–Trinajstić information content (AvgIpc) is 3.77. The van der Waals surface area contributed by atoms with Crippen LogP contribution in [0.25, 0.3) is 89.7 Å². The van der Waals surface area contributed by atoms with Crippen molar-refractivity contribution in [3.63, 3.8) is 0 Å². The van der Waals surface area contributed by atoms with E-state index in [4.69, 9.17) is 43.2 Å². The first-order chi connectivity index (χ1) is 21.2. The van der Waals surface area contributed by atoms with Crippen molar-refractivity contribution < 1.29 is 23.7 Å². The Hall–Kier alpha value is -5.25. The van der Waals surface area contributed by atoms with Gasteiger partial charge in [-0.1, -0.05) is 96.6 Å². The van der Waals surface area contributed by atoms with Gasteiger partial charge in [-0.2, -0.15) is 0 Å². The second-order valence-corrected chi connectivity index (χ2v) is 10.2. The molecule has 4 aromatic carbocycles. The van der Waals surface area contributed by atoms with Crippen LogP contribution in [0.15, 0.2) is 91.0 Å². The molecule has 9 rings (SSSR count). The molecule has 0 radical (unpaired) electrons. The molecule has 9 nitrogen and oxygen atoms in total. The van der Waals surface area contributed by atoms with Crippen molar-refractivity contribution in [1.82, 2.24) is 39.9 Å². The van der Waals surface area contributed by atoms with Gasteiger partial charge in [-0.3, -0.25) is 0 Å². The van der Waals surface area contributed by atoms with Crippen molar-refractivity contribution in [2.45, 2.75) is 6.92 Å². The molecule has 43 heavy (non-hydrogen) atoms. The average molecular weight is 590 g/mol. The van der Waals surface area contributed by atoms with Crippen LogP contribution in [0.5, 0.6) is 0 Å². The maximum atomic E-state index is 8.25. The molecule has 0 N–H and O–H groups in total. The molecule has 2 aliphatic heterocycles. The quantitative estimate of drug-likeness (QED) is 0.187. The van der Waals surface area contributed by atoms with Crippen molar-refractivity contribution in [3.8, 4) is 45.6 Å². The number of rotatable bonds is 0. The number of hydrogen-bond donors (Lipinski definition) is 0. The minimum absolute atomic E-state index is 0.552. The molecule has 3 aromatic heterocycles. The number of benzene rings is 4. The molecule has 8 bridgehead atoms. The first-order valence-electron chi connectivity index (χ1n) is 13.5. The zero-order valence-corrected chi connectivity index (χ0v) is 24.2. The van der Waals surface area contributed by atoms with E-state index in [1.54, 1.807) is 0 Å². The van der Waals surface area contributed by atoms with E-state index in [1.807, 2.05) is 78.9 Å². The molecule has 2 aliphatic rings. The van der Waals surface area contributed by atoms with Crippen LogP contribution < -0.4 is 9.97 Å². The fourth-order valence-corrected chi connectivity index (χ4v) is 5.62. The third-order valence-electron chi connectivity index (χ3n) is 7.58. The van der Waals surface area contributed by atoms with Crippen molar-refractivity contribution in [1.29, 1.82) is 0 Å². The third kappa shape index (κ3) is 4.05. The van der Waals surface area contributed by atoms with Crippen LogP contribution in [0, 0.1) is 6.92 Å². The fourth-order valence-electron chi connectivity index (χ4n) is 5.62. The second kappa shape index (κ2) is 9.94. The fraction of sp³-hybridized carbons (Fsp3) is 0.0303. The van der Waals surface area contributed by atoms with Gasteiger partial charge in [-0.15, -0.1) is 0 Å². The Kier molecular flexibility index (Phi) is 5.89. The van der Waals surface area contributed by atoms with Crippen LogP contribution in [-0.2, 0) is 23.7 Å². The molecule has 0 amide bonds. The van der Waals surface area contributed by atoms with Crippen LogP contribution >= 0.6 is 0 Å². The maximum absolute atomic E-state index is 8.25. The van der Waals surface area contributed by atoms with E-state index in [0.717, 1.165) is 69.8 Å². The van der Waals surface area contributed by atoms with E-state index >= 15 is 0 Å². The van der Waals surface area contributed by atoms with E-state index in [9.17, 15) is 0 Å². The Morgan fingerprint density at radius 3 is 1.21 bits per heavy atom. The molecule has 0 aliphatic carbocycles. The van der Waals surface area contributed by atoms with Crippen LogP contribution in [0.1, 0.15) is 5.56 Å². The Balaban J connectivity index is 0.00000136. The van der Waals surface area contributed by atoms with Gasteiger partial charge in [-0.05, 0) is 28.5 Å². The molecule has 0 atom stereocenters. The number of hydrogen-bond acceptors (Lipinski definition) is 7. The van der Waals surface area contributed by atoms with Crippen LogP contribution in [-0.4, -0.2) is 29.9 Å². The van der Waals surface area contributed by atoms with Gasteiger partial charge in [0.25, 0.3) is 0 Å². The van der Waals surface area contributed by atoms with Crippen LogP contribution in [0.4, 0.5) is 0 Å². The van der Waals surface area contributed by atoms with Gasteiger partial charge in [0.1, 0.15) is 0 Å². The third-order valence-corrected chi connectivity index (χ3v) is 7.58. The van der Waals surface area contributed by atoms with Crippen molar-refractivity contribution >= 4 is 44.1 Å². The van der Waals surface area contributed by atoms with Gasteiger partial charge in [0.2, 0.25) is 0 Å². The first kappa shape index (κ1) is 25.5. The summed E-state index contributed by atoms with van der Waals surface area (Å²) in [6.07, 6.45) is 0.